The van der Waals surface area contributed by atoms with Gasteiger partial charge < -0.3 is 10.9 Å². The molecule has 0 fully saturated rings. The predicted octanol–water partition coefficient (Wildman–Crippen LogP) is 0.657. The third kappa shape index (κ3) is 1.10. The van der Waals surface area contributed by atoms with Crippen LogP contribution < -0.4 is 5.73 Å². The van der Waals surface area contributed by atoms with E-state index in [1.807, 2.05) is 12.1 Å². The number of para-hydroxylation sites is 1. The first kappa shape index (κ1) is 7.60. The third-order valence-corrected chi connectivity index (χ3v) is 1.86. The van der Waals surface area contributed by atoms with E-state index in [4.69, 9.17) is 10.9 Å². The number of H-pyrrole nitrogens is 1. The topological polar surface area (TPSA) is 87.3 Å². The van der Waals surface area contributed by atoms with Gasteiger partial charge >= 0.3 is 0 Å². The van der Waals surface area contributed by atoms with E-state index in [0.29, 0.717) is 5.56 Å². The summed E-state index contributed by atoms with van der Waals surface area (Å²) in [5.41, 5.74) is 6.90. The minimum atomic E-state index is 0.0786. The number of aromatic nitrogens is 2. The van der Waals surface area contributed by atoms with Crippen molar-refractivity contribution in [1.29, 1.82) is 0 Å². The number of hydrogen-bond acceptors (Lipinski definition) is 3. The van der Waals surface area contributed by atoms with Gasteiger partial charge in [0.1, 0.15) is 0 Å². The van der Waals surface area contributed by atoms with Gasteiger partial charge in [-0.2, -0.15) is 5.10 Å². The van der Waals surface area contributed by atoms with Gasteiger partial charge in [0.2, 0.25) is 0 Å². The van der Waals surface area contributed by atoms with Crippen LogP contribution in [0.5, 0.6) is 0 Å². The Kier molecular flexibility index (Phi) is 1.63. The fourth-order valence-corrected chi connectivity index (χ4v) is 1.24. The number of nitrogens with two attached hydrogens (primary N) is 1. The van der Waals surface area contributed by atoms with E-state index in [0.717, 1.165) is 10.9 Å². The van der Waals surface area contributed by atoms with Gasteiger partial charge in [0, 0.05) is 10.9 Å². The van der Waals surface area contributed by atoms with Crippen LogP contribution in [0.15, 0.2) is 29.6 Å². The van der Waals surface area contributed by atoms with Gasteiger partial charge in [-0.25, -0.2) is 0 Å². The van der Waals surface area contributed by atoms with Crippen molar-refractivity contribution in [3.8, 4) is 0 Å². The molecule has 5 heteroatoms. The van der Waals surface area contributed by atoms with Crippen LogP contribution in [0.25, 0.3) is 10.9 Å². The van der Waals surface area contributed by atoms with Crippen molar-refractivity contribution in [3.63, 3.8) is 0 Å². The Morgan fingerprint density at radius 3 is 3.15 bits per heavy atom. The van der Waals surface area contributed by atoms with Crippen LogP contribution in [0.2, 0.25) is 0 Å². The van der Waals surface area contributed by atoms with Gasteiger partial charge in [-0.1, -0.05) is 17.3 Å². The highest BCUT2D eigenvalue weighted by Gasteiger charge is 2.05. The van der Waals surface area contributed by atoms with Gasteiger partial charge in [0.15, 0.2) is 5.84 Å². The molecule has 5 nitrogen and oxygen atoms in total. The van der Waals surface area contributed by atoms with Gasteiger partial charge in [-0.3, -0.25) is 5.10 Å². The molecule has 0 aliphatic heterocycles. The van der Waals surface area contributed by atoms with Crippen LogP contribution in [-0.2, 0) is 0 Å². The average Bonchev–Trinajstić information content (AvgIpc) is 2.63. The van der Waals surface area contributed by atoms with Crippen LogP contribution in [0.4, 0.5) is 0 Å². The maximum absolute atomic E-state index is 8.51. The van der Waals surface area contributed by atoms with Crippen molar-refractivity contribution in [2.45, 2.75) is 0 Å². The standard InChI is InChI=1S/C8H8N4O/c9-8(12-13)6-3-1-2-5-4-10-11-7(5)6/h1-4,13H,(H2,9,12)(H,10,11). The Morgan fingerprint density at radius 2 is 2.38 bits per heavy atom. The number of oxime groups is 1. The van der Waals surface area contributed by atoms with Crippen LogP contribution in [0.3, 0.4) is 0 Å². The molecule has 1 aromatic carbocycles. The molecule has 0 atom stereocenters. The van der Waals surface area contributed by atoms with Crippen molar-refractivity contribution < 1.29 is 5.21 Å². The molecule has 1 heterocycles. The Morgan fingerprint density at radius 1 is 1.54 bits per heavy atom. The fourth-order valence-electron chi connectivity index (χ4n) is 1.24. The third-order valence-electron chi connectivity index (χ3n) is 1.86. The summed E-state index contributed by atoms with van der Waals surface area (Å²) < 4.78 is 0. The van der Waals surface area contributed by atoms with Gasteiger partial charge in [-0.15, -0.1) is 0 Å². The van der Waals surface area contributed by atoms with E-state index in [1.165, 1.54) is 0 Å². The van der Waals surface area contributed by atoms with E-state index in [-0.39, 0.29) is 5.84 Å². The molecule has 2 aromatic rings. The molecule has 0 saturated heterocycles. The molecule has 0 radical (unpaired) electrons. The largest absolute Gasteiger partial charge is 0.409 e. The summed E-state index contributed by atoms with van der Waals surface area (Å²) in [4.78, 5) is 0. The minimum Gasteiger partial charge on any atom is -0.409 e. The highest BCUT2D eigenvalue weighted by molar-refractivity contribution is 6.07. The number of rotatable bonds is 1. The molecule has 0 aliphatic carbocycles. The molecular formula is C8H8N4O. The van der Waals surface area contributed by atoms with Crippen molar-refractivity contribution >= 4 is 16.7 Å². The lowest BCUT2D eigenvalue weighted by molar-refractivity contribution is 0.318. The second-order valence-corrected chi connectivity index (χ2v) is 2.63. The Balaban J connectivity index is 2.75. The molecule has 1 aromatic heterocycles. The lowest BCUT2D eigenvalue weighted by atomic mass is 10.1. The molecule has 0 aliphatic rings. The summed E-state index contributed by atoms with van der Waals surface area (Å²) in [5, 5.41) is 19.0. The molecule has 0 amide bonds. The highest BCUT2D eigenvalue weighted by Crippen LogP contribution is 2.14. The van der Waals surface area contributed by atoms with E-state index < -0.39 is 0 Å². The zero-order valence-corrected chi connectivity index (χ0v) is 6.73. The van der Waals surface area contributed by atoms with E-state index in [1.54, 1.807) is 12.3 Å². The molecule has 0 spiro atoms. The first-order valence-corrected chi connectivity index (χ1v) is 3.73. The molecule has 2 rings (SSSR count). The van der Waals surface area contributed by atoms with Crippen molar-refractivity contribution in [1.82, 2.24) is 10.2 Å². The van der Waals surface area contributed by atoms with Gasteiger partial charge in [0.25, 0.3) is 0 Å². The minimum absolute atomic E-state index is 0.0786. The SMILES string of the molecule is NC(=NO)c1cccc2cn[nH]c12. The number of nitrogens with zero attached hydrogens (tertiary/aromatic N) is 2. The normalized spacial score (nSPS) is 12.2. The zero-order chi connectivity index (χ0) is 9.26. The number of hydrogen-bond donors (Lipinski definition) is 3. The molecule has 0 saturated carbocycles. The summed E-state index contributed by atoms with van der Waals surface area (Å²) in [6.45, 7) is 0. The van der Waals surface area contributed by atoms with Gasteiger partial charge in [-0.05, 0) is 6.07 Å². The first-order valence-electron chi connectivity index (χ1n) is 3.73. The number of aromatic amines is 1. The van der Waals surface area contributed by atoms with Crippen LogP contribution >= 0.6 is 0 Å². The molecule has 0 bridgehead atoms. The van der Waals surface area contributed by atoms with Crippen molar-refractivity contribution in [2.75, 3.05) is 0 Å². The molecular weight excluding hydrogens is 168 g/mol. The van der Waals surface area contributed by atoms with E-state index in [9.17, 15) is 0 Å². The lowest BCUT2D eigenvalue weighted by Crippen LogP contribution is -2.13. The van der Waals surface area contributed by atoms with Crippen molar-refractivity contribution in [3.05, 3.63) is 30.0 Å². The van der Waals surface area contributed by atoms with Crippen LogP contribution in [-0.4, -0.2) is 21.2 Å². The van der Waals surface area contributed by atoms with Crippen LogP contribution in [0.1, 0.15) is 5.56 Å². The Hall–Kier alpha value is -2.04. The molecule has 0 unspecified atom stereocenters. The average molecular weight is 176 g/mol. The number of amidine groups is 1. The number of benzene rings is 1. The van der Waals surface area contributed by atoms with Crippen molar-refractivity contribution in [2.24, 2.45) is 10.9 Å². The summed E-state index contributed by atoms with van der Waals surface area (Å²) in [6.07, 6.45) is 1.68. The number of fused-ring (bicyclic) bond motifs is 1. The lowest BCUT2D eigenvalue weighted by Gasteiger charge is -1.98. The molecule has 4 N–H and O–H groups in total. The molecule has 66 valence electrons. The second kappa shape index (κ2) is 2.78. The monoisotopic (exact) mass is 176 g/mol. The maximum Gasteiger partial charge on any atom is 0.172 e. The van der Waals surface area contributed by atoms with Crippen LogP contribution in [0, 0.1) is 0 Å². The maximum atomic E-state index is 8.51. The second-order valence-electron chi connectivity index (χ2n) is 2.63. The van der Waals surface area contributed by atoms with Gasteiger partial charge in [0.05, 0.1) is 11.7 Å². The van der Waals surface area contributed by atoms with E-state index in [2.05, 4.69) is 15.4 Å². The summed E-state index contributed by atoms with van der Waals surface area (Å²) in [5.74, 6) is 0.0786. The smallest absolute Gasteiger partial charge is 0.172 e. The zero-order valence-electron chi connectivity index (χ0n) is 6.73. The predicted molar refractivity (Wildman–Crippen MR) is 48.6 cm³/mol. The fraction of sp³-hybridized carbons (Fsp3) is 0. The Bertz CT molecular complexity index is 460. The summed E-state index contributed by atoms with van der Waals surface area (Å²) >= 11 is 0. The Labute approximate surface area is 73.9 Å². The quantitative estimate of drug-likeness (QED) is 0.258. The van der Waals surface area contributed by atoms with E-state index >= 15 is 0 Å². The highest BCUT2D eigenvalue weighted by atomic mass is 16.4. The first-order chi connectivity index (χ1) is 6.33. The summed E-state index contributed by atoms with van der Waals surface area (Å²) in [6, 6.07) is 5.48. The molecule has 13 heavy (non-hydrogen) atoms. The summed E-state index contributed by atoms with van der Waals surface area (Å²) in [7, 11) is 0. The number of nitrogens with one attached hydrogen (secondary N) is 1.